The van der Waals surface area contributed by atoms with Crippen molar-refractivity contribution in [2.75, 3.05) is 7.05 Å². The van der Waals surface area contributed by atoms with Crippen molar-refractivity contribution in [1.82, 2.24) is 9.88 Å². The number of unbranched alkanes of at least 4 members (excludes halogenated alkanes) is 3. The molecule has 0 aromatic carbocycles. The lowest BCUT2D eigenvalue weighted by atomic mass is 10.2. The monoisotopic (exact) mass is 208 g/mol. The minimum atomic E-state index is 0.460. The quantitative estimate of drug-likeness (QED) is 0.680. The molecule has 1 rings (SSSR count). The van der Waals surface area contributed by atoms with Crippen LogP contribution in [0.2, 0.25) is 0 Å². The van der Waals surface area contributed by atoms with Crippen LogP contribution >= 0.6 is 0 Å². The van der Waals surface area contributed by atoms with Gasteiger partial charge in [-0.1, -0.05) is 26.2 Å². The maximum absolute atomic E-state index is 3.26. The molecule has 0 bridgehead atoms. The summed E-state index contributed by atoms with van der Waals surface area (Å²) in [7, 11) is 2.00. The Kier molecular flexibility index (Phi) is 5.48. The molecular formula is C13H24N2. The molecule has 0 aliphatic heterocycles. The Balaban J connectivity index is 2.33. The Hall–Kier alpha value is -0.760. The Morgan fingerprint density at radius 2 is 2.13 bits per heavy atom. The highest BCUT2D eigenvalue weighted by Crippen LogP contribution is 2.12. The summed E-state index contributed by atoms with van der Waals surface area (Å²) >= 11 is 0. The first-order valence-corrected chi connectivity index (χ1v) is 6.11. The summed E-state index contributed by atoms with van der Waals surface area (Å²) in [5, 5.41) is 3.26. The van der Waals surface area contributed by atoms with Gasteiger partial charge >= 0.3 is 0 Å². The summed E-state index contributed by atoms with van der Waals surface area (Å²) in [6.07, 6.45) is 9.78. The van der Waals surface area contributed by atoms with Crippen LogP contribution in [0.15, 0.2) is 18.5 Å². The molecule has 0 amide bonds. The van der Waals surface area contributed by atoms with Gasteiger partial charge in [0.15, 0.2) is 0 Å². The van der Waals surface area contributed by atoms with Crippen molar-refractivity contribution in [1.29, 1.82) is 0 Å². The van der Waals surface area contributed by atoms with Crippen LogP contribution in [0, 0.1) is 0 Å². The number of rotatable bonds is 7. The molecule has 0 saturated heterocycles. The molecule has 0 spiro atoms. The first kappa shape index (κ1) is 12.3. The molecule has 15 heavy (non-hydrogen) atoms. The Morgan fingerprint density at radius 3 is 2.80 bits per heavy atom. The van der Waals surface area contributed by atoms with E-state index in [4.69, 9.17) is 0 Å². The van der Waals surface area contributed by atoms with Crippen molar-refractivity contribution >= 4 is 0 Å². The molecule has 1 aromatic rings. The predicted molar refractivity (Wildman–Crippen MR) is 66.0 cm³/mol. The van der Waals surface area contributed by atoms with Gasteiger partial charge in [-0.3, -0.25) is 0 Å². The second-order valence-corrected chi connectivity index (χ2v) is 4.25. The number of nitrogens with one attached hydrogen (secondary N) is 1. The van der Waals surface area contributed by atoms with E-state index >= 15 is 0 Å². The summed E-state index contributed by atoms with van der Waals surface area (Å²) in [4.78, 5) is 0. The fourth-order valence-corrected chi connectivity index (χ4v) is 1.74. The van der Waals surface area contributed by atoms with E-state index in [0.29, 0.717) is 6.04 Å². The fourth-order valence-electron chi connectivity index (χ4n) is 1.74. The summed E-state index contributed by atoms with van der Waals surface area (Å²) in [6.45, 7) is 5.61. The minimum absolute atomic E-state index is 0.460. The van der Waals surface area contributed by atoms with Gasteiger partial charge in [-0.2, -0.15) is 0 Å². The molecule has 0 radical (unpaired) electrons. The summed E-state index contributed by atoms with van der Waals surface area (Å²) < 4.78 is 2.30. The third-order valence-electron chi connectivity index (χ3n) is 2.98. The molecule has 0 fully saturated rings. The molecule has 2 heteroatoms. The van der Waals surface area contributed by atoms with Crippen LogP contribution in [0.1, 0.15) is 51.1 Å². The van der Waals surface area contributed by atoms with Gasteiger partial charge in [-0.15, -0.1) is 0 Å². The van der Waals surface area contributed by atoms with Crippen LogP contribution in [0.3, 0.4) is 0 Å². The van der Waals surface area contributed by atoms with Crippen LogP contribution in [-0.2, 0) is 6.54 Å². The third-order valence-corrected chi connectivity index (χ3v) is 2.98. The molecule has 1 N–H and O–H groups in total. The Bertz CT molecular complexity index is 265. The highest BCUT2D eigenvalue weighted by Gasteiger charge is 2.03. The molecule has 1 atom stereocenters. The van der Waals surface area contributed by atoms with E-state index in [-0.39, 0.29) is 0 Å². The van der Waals surface area contributed by atoms with Gasteiger partial charge in [-0.05, 0) is 32.0 Å². The number of hydrogen-bond acceptors (Lipinski definition) is 1. The van der Waals surface area contributed by atoms with E-state index in [1.807, 2.05) is 7.05 Å². The lowest BCUT2D eigenvalue weighted by molar-refractivity contribution is 0.580. The third kappa shape index (κ3) is 4.08. The second-order valence-electron chi connectivity index (χ2n) is 4.25. The van der Waals surface area contributed by atoms with Gasteiger partial charge in [0, 0.05) is 25.0 Å². The average Bonchev–Trinajstić information content (AvgIpc) is 2.72. The average molecular weight is 208 g/mol. The standard InChI is InChI=1S/C13H24N2/c1-4-5-6-7-9-15-10-8-13(11-15)12(2)14-3/h8,10-12,14H,4-7,9H2,1-3H3. The molecule has 0 saturated carbocycles. The first-order valence-electron chi connectivity index (χ1n) is 6.11. The van der Waals surface area contributed by atoms with Crippen LogP contribution in [0.4, 0.5) is 0 Å². The van der Waals surface area contributed by atoms with Crippen molar-refractivity contribution in [2.24, 2.45) is 0 Å². The molecule has 86 valence electrons. The highest BCUT2D eigenvalue weighted by atomic mass is 14.9. The molecule has 1 heterocycles. The van der Waals surface area contributed by atoms with Crippen molar-refractivity contribution in [3.05, 3.63) is 24.0 Å². The largest absolute Gasteiger partial charge is 0.354 e. The lowest BCUT2D eigenvalue weighted by Gasteiger charge is -2.07. The van der Waals surface area contributed by atoms with E-state index in [1.54, 1.807) is 0 Å². The van der Waals surface area contributed by atoms with Gasteiger partial charge in [0.25, 0.3) is 0 Å². The van der Waals surface area contributed by atoms with E-state index in [1.165, 1.54) is 31.2 Å². The van der Waals surface area contributed by atoms with Crippen molar-refractivity contribution in [3.63, 3.8) is 0 Å². The number of aromatic nitrogens is 1. The molecule has 1 aromatic heterocycles. The van der Waals surface area contributed by atoms with E-state index in [0.717, 1.165) is 6.54 Å². The van der Waals surface area contributed by atoms with E-state index in [2.05, 4.69) is 42.2 Å². The number of aryl methyl sites for hydroxylation is 1. The fraction of sp³-hybridized carbons (Fsp3) is 0.692. The normalized spacial score (nSPS) is 13.0. The van der Waals surface area contributed by atoms with Crippen LogP contribution in [0.5, 0.6) is 0 Å². The van der Waals surface area contributed by atoms with Crippen LogP contribution in [0.25, 0.3) is 0 Å². The lowest BCUT2D eigenvalue weighted by Crippen LogP contribution is -2.11. The van der Waals surface area contributed by atoms with Crippen molar-refractivity contribution in [2.45, 2.75) is 52.1 Å². The zero-order valence-electron chi connectivity index (χ0n) is 10.3. The van der Waals surface area contributed by atoms with Crippen LogP contribution < -0.4 is 5.32 Å². The molecule has 2 nitrogen and oxygen atoms in total. The van der Waals surface area contributed by atoms with Gasteiger partial charge in [0.1, 0.15) is 0 Å². The van der Waals surface area contributed by atoms with Gasteiger partial charge in [0.05, 0.1) is 0 Å². The maximum atomic E-state index is 3.26. The Labute approximate surface area is 93.7 Å². The van der Waals surface area contributed by atoms with Gasteiger partial charge in [0.2, 0.25) is 0 Å². The SMILES string of the molecule is CCCCCCn1ccc(C(C)NC)c1. The summed E-state index contributed by atoms with van der Waals surface area (Å²) in [5.41, 5.74) is 1.38. The van der Waals surface area contributed by atoms with E-state index in [9.17, 15) is 0 Å². The molecular weight excluding hydrogens is 184 g/mol. The zero-order valence-corrected chi connectivity index (χ0v) is 10.3. The zero-order chi connectivity index (χ0) is 11.1. The minimum Gasteiger partial charge on any atom is -0.354 e. The Morgan fingerprint density at radius 1 is 1.33 bits per heavy atom. The first-order chi connectivity index (χ1) is 7.27. The highest BCUT2D eigenvalue weighted by molar-refractivity contribution is 5.14. The maximum Gasteiger partial charge on any atom is 0.0304 e. The number of hydrogen-bond donors (Lipinski definition) is 1. The van der Waals surface area contributed by atoms with Crippen molar-refractivity contribution in [3.8, 4) is 0 Å². The smallest absolute Gasteiger partial charge is 0.0304 e. The van der Waals surface area contributed by atoms with Gasteiger partial charge < -0.3 is 9.88 Å². The van der Waals surface area contributed by atoms with E-state index < -0.39 is 0 Å². The summed E-state index contributed by atoms with van der Waals surface area (Å²) in [6, 6.07) is 2.67. The second kappa shape index (κ2) is 6.67. The summed E-state index contributed by atoms with van der Waals surface area (Å²) in [5.74, 6) is 0. The van der Waals surface area contributed by atoms with Gasteiger partial charge in [-0.25, -0.2) is 0 Å². The van der Waals surface area contributed by atoms with Crippen molar-refractivity contribution < 1.29 is 0 Å². The molecule has 0 aliphatic carbocycles. The molecule has 0 aliphatic rings. The molecule has 1 unspecified atom stereocenters. The number of nitrogens with zero attached hydrogens (tertiary/aromatic N) is 1. The topological polar surface area (TPSA) is 17.0 Å². The van der Waals surface area contributed by atoms with Crippen LogP contribution in [-0.4, -0.2) is 11.6 Å². The predicted octanol–water partition coefficient (Wildman–Crippen LogP) is 3.35.